The third kappa shape index (κ3) is 6.57. The number of nitrogens with one attached hydrogen (secondary N) is 4. The summed E-state index contributed by atoms with van der Waals surface area (Å²) >= 11 is 12.7. The molecule has 202 valence electrons. The number of halogens is 2. The van der Waals surface area contributed by atoms with Crippen LogP contribution in [0.25, 0.3) is 0 Å². The van der Waals surface area contributed by atoms with E-state index in [2.05, 4.69) is 20.9 Å². The number of hydrogen-bond donors (Lipinski definition) is 4. The van der Waals surface area contributed by atoms with E-state index in [1.54, 1.807) is 18.2 Å². The Kier molecular flexibility index (Phi) is 8.72. The van der Waals surface area contributed by atoms with Crippen molar-refractivity contribution in [3.63, 3.8) is 0 Å². The Bertz CT molecular complexity index is 1310. The van der Waals surface area contributed by atoms with Gasteiger partial charge in [-0.3, -0.25) is 14.4 Å². The van der Waals surface area contributed by atoms with Crippen LogP contribution in [0.4, 0.5) is 5.69 Å². The first-order valence-electron chi connectivity index (χ1n) is 11.8. The van der Waals surface area contributed by atoms with Crippen LogP contribution >= 0.6 is 30.6 Å². The number of hydrogen-bond acceptors (Lipinski definition) is 6. The first-order valence-corrected chi connectivity index (χ1v) is 15.9. The van der Waals surface area contributed by atoms with E-state index in [0.717, 1.165) is 29.4 Å². The molecule has 14 heteroatoms. The summed E-state index contributed by atoms with van der Waals surface area (Å²) in [4.78, 5) is 0.749. The summed E-state index contributed by atoms with van der Waals surface area (Å²) < 4.78 is 42.9. The summed E-state index contributed by atoms with van der Waals surface area (Å²) in [6.45, 7) is 4.46. The quantitative estimate of drug-likeness (QED) is 0.234. The zero-order valence-electron chi connectivity index (χ0n) is 20.2. The molecule has 0 radical (unpaired) electrons. The second-order valence-corrected chi connectivity index (χ2v) is 14.6. The van der Waals surface area contributed by atoms with Crippen LogP contribution in [0, 0.1) is 10.4 Å². The minimum absolute atomic E-state index is 0.00859. The Hall–Kier alpha value is -1.50. The number of anilines is 1. The van der Waals surface area contributed by atoms with Gasteiger partial charge in [0.05, 0.1) is 12.2 Å². The van der Waals surface area contributed by atoms with Gasteiger partial charge in [0.15, 0.2) is 0 Å². The third-order valence-electron chi connectivity index (χ3n) is 6.59. The van der Waals surface area contributed by atoms with E-state index in [0.29, 0.717) is 35.1 Å². The van der Waals surface area contributed by atoms with E-state index >= 15 is 0 Å². The number of nitrogens with zero attached hydrogens (tertiary/aromatic N) is 1. The Balaban J connectivity index is 1.42. The molecule has 0 saturated heterocycles. The number of likely N-dealkylation sites (N-methyl/N-ethyl adjacent to an activating group) is 1. The molecule has 2 aromatic carbocycles. The molecule has 37 heavy (non-hydrogen) atoms. The van der Waals surface area contributed by atoms with Crippen molar-refractivity contribution in [1.29, 1.82) is 0 Å². The number of hydroxylamine groups is 2. The Labute approximate surface area is 227 Å². The Morgan fingerprint density at radius 2 is 1.89 bits per heavy atom. The van der Waals surface area contributed by atoms with Crippen molar-refractivity contribution in [2.45, 2.75) is 31.3 Å². The molecular formula is C23H30Cl2N5O5PS. The van der Waals surface area contributed by atoms with Gasteiger partial charge in [0.2, 0.25) is 0 Å². The van der Waals surface area contributed by atoms with Gasteiger partial charge in [-0.2, -0.15) is 13.1 Å². The molecule has 4 N–H and O–H groups in total. The van der Waals surface area contributed by atoms with Gasteiger partial charge in [-0.05, 0) is 54.6 Å². The molecule has 0 aromatic heterocycles. The van der Waals surface area contributed by atoms with E-state index in [1.807, 2.05) is 25.2 Å². The lowest BCUT2D eigenvalue weighted by molar-refractivity contribution is -0.809. The van der Waals surface area contributed by atoms with Crippen molar-refractivity contribution in [3.05, 3.63) is 86.3 Å². The molecule has 0 amide bonds. The van der Waals surface area contributed by atoms with Crippen LogP contribution in [0.2, 0.25) is 10.0 Å². The smallest absolute Gasteiger partial charge is 0.427 e. The fraction of sp³-hybridized carbons (Fsp3) is 0.391. The molecule has 4 rings (SSSR count). The Morgan fingerprint density at radius 1 is 1.22 bits per heavy atom. The maximum Gasteiger partial charge on any atom is 0.427 e. The van der Waals surface area contributed by atoms with Crippen molar-refractivity contribution in [1.82, 2.24) is 9.62 Å². The fourth-order valence-electron chi connectivity index (χ4n) is 4.54. The second-order valence-electron chi connectivity index (χ2n) is 9.44. The van der Waals surface area contributed by atoms with E-state index in [9.17, 15) is 23.4 Å². The molecule has 2 aliphatic rings. The average molecular weight is 590 g/mol. The van der Waals surface area contributed by atoms with Crippen molar-refractivity contribution in [2.24, 2.45) is 0 Å². The molecule has 1 heterocycles. The van der Waals surface area contributed by atoms with Gasteiger partial charge in [0.1, 0.15) is 6.16 Å². The summed E-state index contributed by atoms with van der Waals surface area (Å²) in [6.07, 6.45) is 1.69. The predicted molar refractivity (Wildman–Crippen MR) is 146 cm³/mol. The maximum atomic E-state index is 13.1. The van der Waals surface area contributed by atoms with Crippen molar-refractivity contribution < 1.29 is 22.7 Å². The van der Waals surface area contributed by atoms with Gasteiger partial charge in [-0.1, -0.05) is 35.3 Å². The standard InChI is InChI=1S/C23H30Cl2N5O5PS/c1-3-29(31)36(33,30(32)19-8-9-19)11-10-26-37(34,35)27-18-6-4-16(5-7-18)21-14-28(2)15-22-20(21)12-17(24)13-23(22)25/h3-7,12-13,19,21,26-27,29-30H,1,8-11,14-15H2,2H3. The maximum absolute atomic E-state index is 13.1. The Morgan fingerprint density at radius 3 is 2.51 bits per heavy atom. The van der Waals surface area contributed by atoms with Crippen molar-refractivity contribution >= 4 is 46.5 Å². The highest BCUT2D eigenvalue weighted by atomic mass is 35.5. The molecule has 2 aromatic rings. The highest BCUT2D eigenvalue weighted by Crippen LogP contribution is 2.38. The van der Waals surface area contributed by atoms with Gasteiger partial charge in [0.25, 0.3) is 10.2 Å². The molecule has 4 unspecified atom stereocenters. The summed E-state index contributed by atoms with van der Waals surface area (Å²) in [5.74, 6) is 0.00859. The van der Waals surface area contributed by atoms with E-state index in [-0.39, 0.29) is 24.7 Å². The lowest BCUT2D eigenvalue weighted by atomic mass is 9.85. The SMILES string of the molecule is C=C[NH+]([O-])P(=O)(CCNS(=O)(=O)Nc1ccc(C2CN(C)Cc3c(Cl)cc(Cl)cc32)cc1)[NH+]([O-])C1CC1. The summed E-state index contributed by atoms with van der Waals surface area (Å²) in [5.41, 5.74) is 3.37. The van der Waals surface area contributed by atoms with Gasteiger partial charge < -0.3 is 15.3 Å². The van der Waals surface area contributed by atoms with Gasteiger partial charge in [0, 0.05) is 54.1 Å². The third-order valence-corrected chi connectivity index (χ3v) is 11.1. The molecule has 0 spiro atoms. The summed E-state index contributed by atoms with van der Waals surface area (Å²) in [7, 11) is -5.93. The van der Waals surface area contributed by atoms with Gasteiger partial charge in [-0.25, -0.2) is 4.57 Å². The monoisotopic (exact) mass is 589 g/mol. The largest absolute Gasteiger partial charge is 0.627 e. The molecule has 10 nitrogen and oxygen atoms in total. The van der Waals surface area contributed by atoms with Crippen LogP contribution in [0.5, 0.6) is 0 Å². The number of quaternary nitrogens is 2. The molecule has 1 saturated carbocycles. The molecule has 1 aliphatic heterocycles. The van der Waals surface area contributed by atoms with Crippen molar-refractivity contribution in [3.8, 4) is 0 Å². The van der Waals surface area contributed by atoms with Crippen LogP contribution in [0.15, 0.2) is 49.2 Å². The summed E-state index contributed by atoms with van der Waals surface area (Å²) in [5, 5.41) is 25.7. The van der Waals surface area contributed by atoms with Crippen LogP contribution in [-0.2, 0) is 21.3 Å². The predicted octanol–water partition coefficient (Wildman–Crippen LogP) is 2.08. The average Bonchev–Trinajstić information content (AvgIpc) is 3.68. The van der Waals surface area contributed by atoms with E-state index < -0.39 is 27.3 Å². The molecule has 1 aliphatic carbocycles. The number of rotatable bonds is 11. The number of fused-ring (bicyclic) bond motifs is 1. The van der Waals surface area contributed by atoms with Crippen LogP contribution in [-0.4, -0.2) is 45.7 Å². The van der Waals surface area contributed by atoms with E-state index in [4.69, 9.17) is 23.2 Å². The lowest BCUT2D eigenvalue weighted by Crippen LogP contribution is -3.19. The topological polar surface area (TPSA) is 134 Å². The summed E-state index contributed by atoms with van der Waals surface area (Å²) in [6, 6.07) is 10.2. The van der Waals surface area contributed by atoms with Crippen molar-refractivity contribution in [2.75, 3.05) is 31.0 Å². The first kappa shape index (κ1) is 28.5. The lowest BCUT2D eigenvalue weighted by Gasteiger charge is -2.35. The first-order chi connectivity index (χ1) is 17.4. The minimum Gasteiger partial charge on any atom is -0.627 e. The van der Waals surface area contributed by atoms with Crippen LogP contribution in [0.3, 0.4) is 0 Å². The number of benzene rings is 2. The zero-order chi connectivity index (χ0) is 27.0. The molecule has 1 fully saturated rings. The van der Waals surface area contributed by atoms with Gasteiger partial charge in [-0.15, -0.1) is 0 Å². The zero-order valence-corrected chi connectivity index (χ0v) is 23.5. The minimum atomic E-state index is -4.04. The highest BCUT2D eigenvalue weighted by molar-refractivity contribution is 7.90. The van der Waals surface area contributed by atoms with Crippen LogP contribution in [0.1, 0.15) is 35.4 Å². The normalized spacial score (nSPS) is 21.5. The second kappa shape index (κ2) is 11.3. The van der Waals surface area contributed by atoms with Gasteiger partial charge >= 0.3 is 7.44 Å². The molecular weight excluding hydrogens is 560 g/mol. The highest BCUT2D eigenvalue weighted by Gasteiger charge is 2.45. The fourth-order valence-corrected chi connectivity index (χ4v) is 8.38. The van der Waals surface area contributed by atoms with E-state index in [1.165, 1.54) is 0 Å². The molecule has 4 atom stereocenters. The van der Waals surface area contributed by atoms with Crippen LogP contribution < -0.4 is 19.1 Å². The molecule has 0 bridgehead atoms.